The number of H-pyrrole nitrogens is 1. The third-order valence-corrected chi connectivity index (χ3v) is 3.60. The van der Waals surface area contributed by atoms with Crippen LogP contribution in [0.15, 0.2) is 42.9 Å². The summed E-state index contributed by atoms with van der Waals surface area (Å²) in [6.45, 7) is 2.47. The van der Waals surface area contributed by atoms with Crippen LogP contribution >= 0.6 is 0 Å². The number of benzene rings is 1. The monoisotopic (exact) mass is 325 g/mol. The van der Waals surface area contributed by atoms with Crippen LogP contribution in [0.1, 0.15) is 17.9 Å². The van der Waals surface area contributed by atoms with E-state index in [9.17, 15) is 4.79 Å². The number of hydrogen-bond acceptors (Lipinski definition) is 4. The first kappa shape index (κ1) is 15.7. The van der Waals surface area contributed by atoms with Crippen molar-refractivity contribution in [1.29, 1.82) is 0 Å². The molecule has 3 aromatic rings. The van der Waals surface area contributed by atoms with Crippen molar-refractivity contribution in [3.8, 4) is 5.69 Å². The minimum absolute atomic E-state index is 0.247. The van der Waals surface area contributed by atoms with E-state index >= 15 is 0 Å². The number of carbonyl (C=O) groups is 1. The van der Waals surface area contributed by atoms with Crippen molar-refractivity contribution < 1.29 is 4.79 Å². The van der Waals surface area contributed by atoms with E-state index < -0.39 is 0 Å². The van der Waals surface area contributed by atoms with Crippen LogP contribution in [0.5, 0.6) is 0 Å². The Hall–Kier alpha value is -3.16. The summed E-state index contributed by atoms with van der Waals surface area (Å²) in [6.07, 6.45) is 4.65. The second kappa shape index (κ2) is 7.40. The number of para-hydroxylation sites is 1. The summed E-state index contributed by atoms with van der Waals surface area (Å²) in [7, 11) is 0. The molecule has 0 saturated heterocycles. The molecule has 0 radical (unpaired) electrons. The Bertz CT molecular complexity index is 780. The number of aromatic amines is 1. The second-order valence-electron chi connectivity index (χ2n) is 5.31. The van der Waals surface area contributed by atoms with Crippen LogP contribution in [0.25, 0.3) is 5.69 Å². The van der Waals surface area contributed by atoms with Gasteiger partial charge in [-0.2, -0.15) is 10.2 Å². The molecule has 24 heavy (non-hydrogen) atoms. The number of nitrogens with zero attached hydrogens (tertiary/aromatic N) is 4. The number of nitrogens with one attached hydrogen (secondary N) is 3. The first-order valence-electron chi connectivity index (χ1n) is 7.73. The molecule has 1 aromatic carbocycles. The first-order valence-corrected chi connectivity index (χ1v) is 7.73. The molecule has 8 nitrogen and oxygen atoms in total. The number of aromatic nitrogens is 5. The van der Waals surface area contributed by atoms with Gasteiger partial charge in [0.05, 0.1) is 23.3 Å². The van der Waals surface area contributed by atoms with Crippen LogP contribution in [0.3, 0.4) is 0 Å². The van der Waals surface area contributed by atoms with Crippen molar-refractivity contribution in [2.24, 2.45) is 0 Å². The summed E-state index contributed by atoms with van der Waals surface area (Å²) < 4.78 is 1.79. The second-order valence-corrected chi connectivity index (χ2v) is 5.31. The molecule has 2 amide bonds. The molecule has 0 saturated carbocycles. The standard InChI is InChI=1S/C16H19N7O/c1-12-14(10-20-23(12)13-6-3-2-4-7-13)21-16(24)17-9-5-8-15-18-11-19-22-15/h2-4,6-7,10-11H,5,8-9H2,1H3,(H2,17,21,24)(H,18,19,22). The van der Waals surface area contributed by atoms with Crippen molar-refractivity contribution in [3.05, 3.63) is 54.4 Å². The predicted octanol–water partition coefficient (Wildman–Crippen LogP) is 2.05. The maximum atomic E-state index is 12.0. The Morgan fingerprint density at radius 3 is 2.88 bits per heavy atom. The van der Waals surface area contributed by atoms with Crippen molar-refractivity contribution in [2.45, 2.75) is 19.8 Å². The highest BCUT2D eigenvalue weighted by atomic mass is 16.2. The van der Waals surface area contributed by atoms with Gasteiger partial charge in [-0.1, -0.05) is 18.2 Å². The van der Waals surface area contributed by atoms with Crippen LogP contribution in [0, 0.1) is 6.92 Å². The molecule has 0 bridgehead atoms. The fourth-order valence-corrected chi connectivity index (χ4v) is 2.34. The highest BCUT2D eigenvalue weighted by Crippen LogP contribution is 2.17. The van der Waals surface area contributed by atoms with Crippen molar-refractivity contribution in [1.82, 2.24) is 30.3 Å². The van der Waals surface area contributed by atoms with Crippen LogP contribution < -0.4 is 10.6 Å². The van der Waals surface area contributed by atoms with E-state index in [1.54, 1.807) is 10.9 Å². The number of anilines is 1. The smallest absolute Gasteiger partial charge is 0.319 e. The number of urea groups is 1. The van der Waals surface area contributed by atoms with E-state index in [0.717, 1.165) is 30.0 Å². The van der Waals surface area contributed by atoms with Gasteiger partial charge in [0.25, 0.3) is 0 Å². The normalized spacial score (nSPS) is 10.5. The van der Waals surface area contributed by atoms with Gasteiger partial charge in [0.1, 0.15) is 12.2 Å². The summed E-state index contributed by atoms with van der Waals surface area (Å²) in [5.41, 5.74) is 2.51. The number of carbonyl (C=O) groups excluding carboxylic acids is 1. The number of aryl methyl sites for hydroxylation is 1. The lowest BCUT2D eigenvalue weighted by Crippen LogP contribution is -2.30. The molecule has 2 heterocycles. The van der Waals surface area contributed by atoms with E-state index in [-0.39, 0.29) is 6.03 Å². The Morgan fingerprint density at radius 2 is 2.12 bits per heavy atom. The molecular formula is C16H19N7O. The summed E-state index contributed by atoms with van der Waals surface area (Å²) in [4.78, 5) is 16.0. The summed E-state index contributed by atoms with van der Waals surface area (Å²) in [5.74, 6) is 0.817. The van der Waals surface area contributed by atoms with Gasteiger partial charge >= 0.3 is 6.03 Å². The van der Waals surface area contributed by atoms with Crippen molar-refractivity contribution in [3.63, 3.8) is 0 Å². The zero-order valence-corrected chi connectivity index (χ0v) is 13.4. The molecule has 0 spiro atoms. The average Bonchev–Trinajstić information content (AvgIpc) is 3.23. The number of amides is 2. The first-order chi connectivity index (χ1) is 11.7. The minimum Gasteiger partial charge on any atom is -0.338 e. The Morgan fingerprint density at radius 1 is 1.29 bits per heavy atom. The van der Waals surface area contributed by atoms with Crippen LogP contribution in [-0.2, 0) is 6.42 Å². The maximum absolute atomic E-state index is 12.0. The molecule has 0 fully saturated rings. The number of hydrogen-bond donors (Lipinski definition) is 3. The Labute approximate surface area is 139 Å². The van der Waals surface area contributed by atoms with Crippen LogP contribution in [0.2, 0.25) is 0 Å². The van der Waals surface area contributed by atoms with Gasteiger partial charge in [-0.15, -0.1) is 0 Å². The topological polar surface area (TPSA) is 101 Å². The zero-order valence-electron chi connectivity index (χ0n) is 13.4. The molecule has 3 rings (SSSR count). The van der Waals surface area contributed by atoms with Gasteiger partial charge < -0.3 is 10.6 Å². The third kappa shape index (κ3) is 3.78. The van der Waals surface area contributed by atoms with Crippen molar-refractivity contribution in [2.75, 3.05) is 11.9 Å². The molecule has 0 unspecified atom stereocenters. The molecular weight excluding hydrogens is 306 g/mol. The molecule has 2 aromatic heterocycles. The average molecular weight is 325 g/mol. The lowest BCUT2D eigenvalue weighted by atomic mass is 10.3. The fraction of sp³-hybridized carbons (Fsp3) is 0.250. The minimum atomic E-state index is -0.247. The third-order valence-electron chi connectivity index (χ3n) is 3.60. The van der Waals surface area contributed by atoms with E-state index in [1.165, 1.54) is 6.33 Å². The molecule has 124 valence electrons. The predicted molar refractivity (Wildman–Crippen MR) is 90.0 cm³/mol. The largest absolute Gasteiger partial charge is 0.338 e. The van der Waals surface area contributed by atoms with Gasteiger partial charge in [0.2, 0.25) is 0 Å². The quantitative estimate of drug-likeness (QED) is 0.604. The molecule has 3 N–H and O–H groups in total. The van der Waals surface area contributed by atoms with Gasteiger partial charge in [0, 0.05) is 13.0 Å². The Kier molecular flexibility index (Phi) is 4.85. The summed E-state index contributed by atoms with van der Waals surface area (Å²) in [5, 5.41) is 16.5. The van der Waals surface area contributed by atoms with E-state index in [1.807, 2.05) is 37.3 Å². The van der Waals surface area contributed by atoms with Gasteiger partial charge in [-0.3, -0.25) is 5.10 Å². The van der Waals surface area contributed by atoms with Crippen molar-refractivity contribution >= 4 is 11.7 Å². The lowest BCUT2D eigenvalue weighted by Gasteiger charge is -2.08. The summed E-state index contributed by atoms with van der Waals surface area (Å²) in [6, 6.07) is 9.53. The highest BCUT2D eigenvalue weighted by Gasteiger charge is 2.10. The molecule has 0 atom stereocenters. The Balaban J connectivity index is 1.50. The van der Waals surface area contributed by atoms with Gasteiger partial charge in [-0.05, 0) is 25.5 Å². The molecule has 0 aliphatic carbocycles. The number of rotatable bonds is 6. The SMILES string of the molecule is Cc1c(NC(=O)NCCCc2ncn[nH]2)cnn1-c1ccccc1. The van der Waals surface area contributed by atoms with E-state index in [4.69, 9.17) is 0 Å². The van der Waals surface area contributed by atoms with E-state index in [2.05, 4.69) is 30.9 Å². The summed E-state index contributed by atoms with van der Waals surface area (Å²) >= 11 is 0. The lowest BCUT2D eigenvalue weighted by molar-refractivity contribution is 0.252. The van der Waals surface area contributed by atoms with Gasteiger partial charge in [0.15, 0.2) is 0 Å². The molecule has 8 heteroatoms. The van der Waals surface area contributed by atoms with Crippen LogP contribution in [0.4, 0.5) is 10.5 Å². The molecule has 0 aliphatic rings. The molecule has 0 aliphatic heterocycles. The highest BCUT2D eigenvalue weighted by molar-refractivity contribution is 5.89. The van der Waals surface area contributed by atoms with Crippen LogP contribution in [-0.4, -0.2) is 37.5 Å². The maximum Gasteiger partial charge on any atom is 0.319 e. The fourth-order valence-electron chi connectivity index (χ4n) is 2.34. The van der Waals surface area contributed by atoms with E-state index in [0.29, 0.717) is 12.2 Å². The van der Waals surface area contributed by atoms with Gasteiger partial charge in [-0.25, -0.2) is 14.5 Å². The zero-order chi connectivity index (χ0) is 16.8.